The fourth-order valence-corrected chi connectivity index (χ4v) is 6.95. The lowest BCUT2D eigenvalue weighted by Gasteiger charge is -2.47. The summed E-state index contributed by atoms with van der Waals surface area (Å²) in [6.07, 6.45) is 8.27. The minimum absolute atomic E-state index is 0.904. The summed E-state index contributed by atoms with van der Waals surface area (Å²) in [4.78, 5) is 0. The molecule has 2 fully saturated rings. The topological polar surface area (TPSA) is 21.7 Å². The van der Waals surface area contributed by atoms with Crippen LogP contribution < -0.4 is 0 Å². The van der Waals surface area contributed by atoms with Gasteiger partial charge >= 0.3 is 8.72 Å². The summed E-state index contributed by atoms with van der Waals surface area (Å²) < 4.78 is 14.4. The van der Waals surface area contributed by atoms with Gasteiger partial charge in [0.25, 0.3) is 0 Å². The molecule has 2 unspecified atom stereocenters. The third-order valence-electron chi connectivity index (χ3n) is 4.98. The van der Waals surface area contributed by atoms with Gasteiger partial charge in [-0.3, -0.25) is 4.57 Å². The van der Waals surface area contributed by atoms with Gasteiger partial charge in [0.1, 0.15) is 0 Å². The smallest absolute Gasteiger partial charge is 0.386 e. The van der Waals surface area contributed by atoms with Gasteiger partial charge in [-0.05, 0) is 37.8 Å². The molecule has 0 aromatic rings. The third-order valence-corrected chi connectivity index (χ3v) is 8.75. The summed E-state index contributed by atoms with van der Waals surface area (Å²) in [7, 11) is 1.61. The van der Waals surface area contributed by atoms with Crippen LogP contribution in [-0.4, -0.2) is 40.6 Å². The standard InChI is InChI=1S/C14H29NO2Si/c1-4-11-18(16-2,17-3)15-10-9-13-7-5-6-8-14(13)12-15/h13-14H,4-12H2,1-3H3. The number of piperidine rings is 1. The van der Waals surface area contributed by atoms with Crippen molar-refractivity contribution >= 4 is 8.72 Å². The Bertz CT molecular complexity index is 258. The molecule has 0 N–H and O–H groups in total. The highest BCUT2D eigenvalue weighted by Crippen LogP contribution is 2.38. The zero-order valence-corrected chi connectivity index (χ0v) is 13.3. The molecule has 4 heteroatoms. The molecule has 0 bridgehead atoms. The SMILES string of the molecule is CCC[Si](OC)(OC)N1CCC2CCCCC2C1. The highest BCUT2D eigenvalue weighted by Gasteiger charge is 2.46. The van der Waals surface area contributed by atoms with Crippen LogP contribution in [0.4, 0.5) is 0 Å². The second-order valence-electron chi connectivity index (χ2n) is 5.91. The zero-order valence-electron chi connectivity index (χ0n) is 12.3. The number of nitrogens with zero attached hydrogens (tertiary/aromatic N) is 1. The Kier molecular flexibility index (Phi) is 5.24. The Morgan fingerprint density at radius 1 is 1.06 bits per heavy atom. The molecule has 0 spiro atoms. The quantitative estimate of drug-likeness (QED) is 0.717. The van der Waals surface area contributed by atoms with Crippen molar-refractivity contribution in [2.24, 2.45) is 11.8 Å². The first-order valence-electron chi connectivity index (χ1n) is 7.61. The van der Waals surface area contributed by atoms with E-state index in [9.17, 15) is 0 Å². The Balaban J connectivity index is 2.03. The van der Waals surface area contributed by atoms with Crippen LogP contribution in [0.3, 0.4) is 0 Å². The molecule has 1 aliphatic carbocycles. The molecule has 3 nitrogen and oxygen atoms in total. The molecule has 18 heavy (non-hydrogen) atoms. The molecule has 2 rings (SSSR count). The Morgan fingerprint density at radius 3 is 2.33 bits per heavy atom. The van der Waals surface area contributed by atoms with Crippen molar-refractivity contribution in [3.63, 3.8) is 0 Å². The molecule has 0 aromatic carbocycles. The van der Waals surface area contributed by atoms with E-state index in [2.05, 4.69) is 11.5 Å². The van der Waals surface area contributed by atoms with Crippen molar-refractivity contribution in [1.82, 2.24) is 4.57 Å². The predicted octanol–water partition coefficient (Wildman–Crippen LogP) is 3.14. The molecule has 1 aliphatic heterocycles. The second kappa shape index (κ2) is 6.50. The maximum Gasteiger partial charge on any atom is 0.427 e. The van der Waals surface area contributed by atoms with Crippen molar-refractivity contribution < 1.29 is 8.85 Å². The van der Waals surface area contributed by atoms with Crippen LogP contribution in [0.5, 0.6) is 0 Å². The van der Waals surface area contributed by atoms with Crippen molar-refractivity contribution in [2.45, 2.75) is 51.5 Å². The van der Waals surface area contributed by atoms with Crippen LogP contribution in [0.1, 0.15) is 45.4 Å². The maximum absolute atomic E-state index is 5.89. The zero-order chi connectivity index (χ0) is 13.0. The first-order chi connectivity index (χ1) is 8.75. The van der Waals surface area contributed by atoms with Crippen molar-refractivity contribution in [3.05, 3.63) is 0 Å². The number of rotatable bonds is 5. The minimum Gasteiger partial charge on any atom is -0.386 e. The number of hydrogen-bond donors (Lipinski definition) is 0. The lowest BCUT2D eigenvalue weighted by molar-refractivity contribution is 0.0802. The van der Waals surface area contributed by atoms with E-state index in [1.165, 1.54) is 45.2 Å². The van der Waals surface area contributed by atoms with Gasteiger partial charge in [0, 0.05) is 20.3 Å². The summed E-state index contributed by atoms with van der Waals surface area (Å²) in [5.41, 5.74) is 0. The molecular formula is C14H29NO2Si. The fraction of sp³-hybridized carbons (Fsp3) is 1.00. The summed E-state index contributed by atoms with van der Waals surface area (Å²) in [5, 5.41) is 0. The van der Waals surface area contributed by atoms with Gasteiger partial charge in [-0.1, -0.05) is 32.6 Å². The molecule has 1 heterocycles. The van der Waals surface area contributed by atoms with E-state index in [1.807, 2.05) is 14.2 Å². The summed E-state index contributed by atoms with van der Waals surface area (Å²) in [6.45, 7) is 4.64. The van der Waals surface area contributed by atoms with Crippen LogP contribution in [0.2, 0.25) is 6.04 Å². The molecule has 0 radical (unpaired) electrons. The van der Waals surface area contributed by atoms with Gasteiger partial charge < -0.3 is 8.85 Å². The van der Waals surface area contributed by atoms with E-state index in [0.29, 0.717) is 0 Å². The van der Waals surface area contributed by atoms with Crippen LogP contribution in [0.15, 0.2) is 0 Å². The van der Waals surface area contributed by atoms with Gasteiger partial charge in [-0.25, -0.2) is 0 Å². The fourth-order valence-electron chi connectivity index (χ4n) is 3.93. The Labute approximate surface area is 113 Å². The highest BCUT2D eigenvalue weighted by atomic mass is 28.4. The van der Waals surface area contributed by atoms with Gasteiger partial charge in [-0.2, -0.15) is 0 Å². The molecular weight excluding hydrogens is 242 g/mol. The third kappa shape index (κ3) is 2.82. The highest BCUT2D eigenvalue weighted by molar-refractivity contribution is 6.64. The normalized spacial score (nSPS) is 30.2. The van der Waals surface area contributed by atoms with Gasteiger partial charge in [0.15, 0.2) is 0 Å². The molecule has 0 aromatic heterocycles. The lowest BCUT2D eigenvalue weighted by atomic mass is 9.76. The summed E-state index contributed by atoms with van der Waals surface area (Å²) >= 11 is 0. The molecule has 1 saturated carbocycles. The van der Waals surface area contributed by atoms with Crippen LogP contribution in [0, 0.1) is 11.8 Å². The van der Waals surface area contributed by atoms with Gasteiger partial charge in [-0.15, -0.1) is 0 Å². The van der Waals surface area contributed by atoms with Crippen LogP contribution in [0.25, 0.3) is 0 Å². The molecule has 2 atom stereocenters. The van der Waals surface area contributed by atoms with Crippen molar-refractivity contribution in [1.29, 1.82) is 0 Å². The average Bonchev–Trinajstić information content (AvgIpc) is 2.44. The lowest BCUT2D eigenvalue weighted by Crippen LogP contribution is -2.61. The van der Waals surface area contributed by atoms with Gasteiger partial charge in [0.2, 0.25) is 0 Å². The molecule has 1 saturated heterocycles. The first-order valence-corrected chi connectivity index (χ1v) is 9.58. The van der Waals surface area contributed by atoms with E-state index in [1.54, 1.807) is 0 Å². The minimum atomic E-state index is -2.09. The van der Waals surface area contributed by atoms with E-state index in [4.69, 9.17) is 8.85 Å². The first kappa shape index (κ1) is 14.5. The molecule has 106 valence electrons. The largest absolute Gasteiger partial charge is 0.427 e. The molecule has 2 aliphatic rings. The predicted molar refractivity (Wildman–Crippen MR) is 76.5 cm³/mol. The molecule has 0 amide bonds. The van der Waals surface area contributed by atoms with E-state index < -0.39 is 8.72 Å². The van der Waals surface area contributed by atoms with Crippen LogP contribution >= 0.6 is 0 Å². The average molecular weight is 271 g/mol. The Hall–Kier alpha value is 0.0969. The van der Waals surface area contributed by atoms with Gasteiger partial charge in [0.05, 0.1) is 0 Å². The van der Waals surface area contributed by atoms with E-state index in [0.717, 1.165) is 24.3 Å². The Morgan fingerprint density at radius 2 is 1.72 bits per heavy atom. The van der Waals surface area contributed by atoms with Crippen molar-refractivity contribution in [3.8, 4) is 0 Å². The van der Waals surface area contributed by atoms with Crippen molar-refractivity contribution in [2.75, 3.05) is 27.3 Å². The summed E-state index contributed by atoms with van der Waals surface area (Å²) in [6, 6.07) is 1.09. The number of hydrogen-bond acceptors (Lipinski definition) is 3. The maximum atomic E-state index is 5.89. The van der Waals surface area contributed by atoms with E-state index in [-0.39, 0.29) is 0 Å². The second-order valence-corrected chi connectivity index (χ2v) is 9.28. The monoisotopic (exact) mass is 271 g/mol. The van der Waals surface area contributed by atoms with Crippen LogP contribution in [-0.2, 0) is 8.85 Å². The van der Waals surface area contributed by atoms with E-state index >= 15 is 0 Å². The number of fused-ring (bicyclic) bond motifs is 1. The summed E-state index contributed by atoms with van der Waals surface area (Å²) in [5.74, 6) is 1.89.